The Morgan fingerprint density at radius 1 is 1.24 bits per heavy atom. The Hall–Kier alpha value is -2.40. The Kier molecular flexibility index (Phi) is 5.29. The number of carbonyl (C=O) groups excluding carboxylic acids is 1. The third-order valence-corrected chi connectivity index (χ3v) is 3.27. The summed E-state index contributed by atoms with van der Waals surface area (Å²) >= 11 is 0. The first kappa shape index (κ1) is 15.0. The summed E-state index contributed by atoms with van der Waals surface area (Å²) in [6.45, 7) is 0.0147. The van der Waals surface area contributed by atoms with E-state index in [4.69, 9.17) is 0 Å². The zero-order valence-corrected chi connectivity index (χ0v) is 11.9. The van der Waals surface area contributed by atoms with Gasteiger partial charge in [0.25, 0.3) is 0 Å². The highest BCUT2D eigenvalue weighted by molar-refractivity contribution is 5.88. The third-order valence-electron chi connectivity index (χ3n) is 3.27. The fourth-order valence-corrected chi connectivity index (χ4v) is 2.16. The Labute approximate surface area is 124 Å². The first-order valence-electron chi connectivity index (χ1n) is 6.83. The molecule has 1 aromatic carbocycles. The summed E-state index contributed by atoms with van der Waals surface area (Å²) in [4.78, 5) is 17.9. The SMILES string of the molecule is CN(C(=O)Nc1ccccn1)C(CCO)c1ccccc1. The van der Waals surface area contributed by atoms with Crippen LogP contribution in [0.25, 0.3) is 0 Å². The average Bonchev–Trinajstić information content (AvgIpc) is 2.53. The van der Waals surface area contributed by atoms with Crippen LogP contribution in [-0.2, 0) is 0 Å². The Balaban J connectivity index is 2.11. The van der Waals surface area contributed by atoms with Crippen LogP contribution in [0.5, 0.6) is 0 Å². The fraction of sp³-hybridized carbons (Fsp3) is 0.250. The number of carbonyl (C=O) groups is 1. The van der Waals surface area contributed by atoms with E-state index in [1.54, 1.807) is 30.3 Å². The number of urea groups is 1. The topological polar surface area (TPSA) is 65.5 Å². The molecule has 0 saturated carbocycles. The molecule has 2 aromatic rings. The van der Waals surface area contributed by atoms with Gasteiger partial charge in [0.05, 0.1) is 6.04 Å². The molecule has 0 radical (unpaired) electrons. The molecular formula is C16H19N3O2. The van der Waals surface area contributed by atoms with Gasteiger partial charge in [0.2, 0.25) is 0 Å². The van der Waals surface area contributed by atoms with Crippen molar-refractivity contribution in [2.45, 2.75) is 12.5 Å². The van der Waals surface area contributed by atoms with Gasteiger partial charge in [-0.15, -0.1) is 0 Å². The van der Waals surface area contributed by atoms with Crippen molar-refractivity contribution < 1.29 is 9.90 Å². The highest BCUT2D eigenvalue weighted by Crippen LogP contribution is 2.23. The second-order valence-corrected chi connectivity index (χ2v) is 4.69. The monoisotopic (exact) mass is 285 g/mol. The molecule has 2 amide bonds. The van der Waals surface area contributed by atoms with E-state index in [9.17, 15) is 9.90 Å². The van der Waals surface area contributed by atoms with Crippen LogP contribution in [0, 0.1) is 0 Å². The van der Waals surface area contributed by atoms with Gasteiger partial charge in [-0.2, -0.15) is 0 Å². The molecule has 1 unspecified atom stereocenters. The summed E-state index contributed by atoms with van der Waals surface area (Å²) in [6.07, 6.45) is 2.11. The highest BCUT2D eigenvalue weighted by atomic mass is 16.3. The summed E-state index contributed by atoms with van der Waals surface area (Å²) in [6, 6.07) is 14.6. The predicted octanol–water partition coefficient (Wildman–Crippen LogP) is 2.67. The van der Waals surface area contributed by atoms with Crippen molar-refractivity contribution in [1.29, 1.82) is 0 Å². The number of rotatable bonds is 5. The highest BCUT2D eigenvalue weighted by Gasteiger charge is 2.21. The van der Waals surface area contributed by atoms with Gasteiger partial charge in [0.15, 0.2) is 0 Å². The Morgan fingerprint density at radius 2 is 1.95 bits per heavy atom. The largest absolute Gasteiger partial charge is 0.396 e. The van der Waals surface area contributed by atoms with Gasteiger partial charge in [-0.3, -0.25) is 5.32 Å². The van der Waals surface area contributed by atoms with E-state index in [1.165, 1.54) is 0 Å². The first-order valence-corrected chi connectivity index (χ1v) is 6.83. The van der Waals surface area contributed by atoms with Crippen molar-refractivity contribution in [3.63, 3.8) is 0 Å². The van der Waals surface area contributed by atoms with E-state index in [2.05, 4.69) is 10.3 Å². The standard InChI is InChI=1S/C16H19N3O2/c1-19(16(21)18-15-9-5-6-11-17-15)14(10-12-20)13-7-3-2-4-8-13/h2-9,11,14,20H,10,12H2,1H3,(H,17,18,21). The molecule has 0 saturated heterocycles. The second kappa shape index (κ2) is 7.40. The molecule has 21 heavy (non-hydrogen) atoms. The molecule has 2 rings (SSSR count). The second-order valence-electron chi connectivity index (χ2n) is 4.69. The van der Waals surface area contributed by atoms with Crippen molar-refractivity contribution in [1.82, 2.24) is 9.88 Å². The minimum absolute atomic E-state index is 0.0147. The van der Waals surface area contributed by atoms with Crippen LogP contribution in [-0.4, -0.2) is 34.7 Å². The van der Waals surface area contributed by atoms with Crippen molar-refractivity contribution in [3.8, 4) is 0 Å². The minimum atomic E-state index is -0.254. The summed E-state index contributed by atoms with van der Waals surface area (Å²) in [7, 11) is 1.71. The quantitative estimate of drug-likeness (QED) is 0.887. The van der Waals surface area contributed by atoms with Crippen LogP contribution >= 0.6 is 0 Å². The van der Waals surface area contributed by atoms with Crippen molar-refractivity contribution >= 4 is 11.8 Å². The summed E-state index contributed by atoms with van der Waals surface area (Å²) in [5.41, 5.74) is 0.991. The molecule has 0 aliphatic heterocycles. The molecule has 1 aromatic heterocycles. The number of nitrogens with one attached hydrogen (secondary N) is 1. The zero-order valence-electron chi connectivity index (χ0n) is 11.9. The number of pyridine rings is 1. The maximum absolute atomic E-state index is 12.3. The van der Waals surface area contributed by atoms with E-state index in [-0.39, 0.29) is 18.7 Å². The van der Waals surface area contributed by atoms with Gasteiger partial charge in [-0.25, -0.2) is 9.78 Å². The van der Waals surface area contributed by atoms with E-state index in [0.717, 1.165) is 5.56 Å². The number of hydrogen-bond donors (Lipinski definition) is 2. The predicted molar refractivity (Wildman–Crippen MR) is 81.9 cm³/mol. The van der Waals surface area contributed by atoms with Crippen molar-refractivity contribution in [3.05, 3.63) is 60.3 Å². The van der Waals surface area contributed by atoms with Crippen LogP contribution in [0.15, 0.2) is 54.7 Å². The number of aliphatic hydroxyl groups is 1. The number of anilines is 1. The molecule has 1 atom stereocenters. The van der Waals surface area contributed by atoms with Gasteiger partial charge < -0.3 is 10.0 Å². The van der Waals surface area contributed by atoms with Crippen molar-refractivity contribution in [2.75, 3.05) is 19.0 Å². The van der Waals surface area contributed by atoms with Crippen LogP contribution in [0.1, 0.15) is 18.0 Å². The number of nitrogens with zero attached hydrogens (tertiary/aromatic N) is 2. The molecule has 0 aliphatic rings. The summed E-state index contributed by atoms with van der Waals surface area (Å²) < 4.78 is 0. The van der Waals surface area contributed by atoms with E-state index < -0.39 is 0 Å². The summed E-state index contributed by atoms with van der Waals surface area (Å²) in [5, 5.41) is 12.0. The van der Waals surface area contributed by atoms with Gasteiger partial charge in [-0.1, -0.05) is 36.4 Å². The first-order chi connectivity index (χ1) is 10.2. The van der Waals surface area contributed by atoms with Crippen LogP contribution in [0.3, 0.4) is 0 Å². The molecule has 2 N–H and O–H groups in total. The Morgan fingerprint density at radius 3 is 2.57 bits per heavy atom. The Bertz CT molecular complexity index is 560. The number of benzene rings is 1. The van der Waals surface area contributed by atoms with Crippen LogP contribution in [0.2, 0.25) is 0 Å². The van der Waals surface area contributed by atoms with Gasteiger partial charge in [0, 0.05) is 19.9 Å². The molecule has 0 spiro atoms. The molecule has 0 aliphatic carbocycles. The number of aromatic nitrogens is 1. The van der Waals surface area contributed by atoms with Crippen LogP contribution < -0.4 is 5.32 Å². The van der Waals surface area contributed by atoms with E-state index in [0.29, 0.717) is 12.2 Å². The molecule has 0 fully saturated rings. The number of hydrogen-bond acceptors (Lipinski definition) is 3. The fourth-order valence-electron chi connectivity index (χ4n) is 2.16. The number of aliphatic hydroxyl groups excluding tert-OH is 1. The lowest BCUT2D eigenvalue weighted by molar-refractivity contribution is 0.184. The zero-order chi connectivity index (χ0) is 15.1. The van der Waals surface area contributed by atoms with E-state index >= 15 is 0 Å². The lowest BCUT2D eigenvalue weighted by Gasteiger charge is -2.28. The van der Waals surface area contributed by atoms with Gasteiger partial charge in [-0.05, 0) is 24.1 Å². The molecule has 5 heteroatoms. The lowest BCUT2D eigenvalue weighted by Crippen LogP contribution is -2.35. The molecule has 1 heterocycles. The maximum Gasteiger partial charge on any atom is 0.323 e. The van der Waals surface area contributed by atoms with Gasteiger partial charge >= 0.3 is 6.03 Å². The van der Waals surface area contributed by atoms with Gasteiger partial charge in [0.1, 0.15) is 5.82 Å². The lowest BCUT2D eigenvalue weighted by atomic mass is 10.0. The number of amides is 2. The molecular weight excluding hydrogens is 266 g/mol. The minimum Gasteiger partial charge on any atom is -0.396 e. The molecule has 110 valence electrons. The average molecular weight is 285 g/mol. The smallest absolute Gasteiger partial charge is 0.323 e. The van der Waals surface area contributed by atoms with E-state index in [1.807, 2.05) is 36.4 Å². The molecule has 5 nitrogen and oxygen atoms in total. The van der Waals surface area contributed by atoms with Crippen LogP contribution in [0.4, 0.5) is 10.6 Å². The summed E-state index contributed by atoms with van der Waals surface area (Å²) in [5.74, 6) is 0.505. The third kappa shape index (κ3) is 4.03. The molecule has 0 bridgehead atoms. The normalized spacial score (nSPS) is 11.7. The van der Waals surface area contributed by atoms with Crippen molar-refractivity contribution in [2.24, 2.45) is 0 Å². The maximum atomic E-state index is 12.3.